The predicted octanol–water partition coefficient (Wildman–Crippen LogP) is 2.87. The van der Waals surface area contributed by atoms with Gasteiger partial charge in [0.25, 0.3) is 0 Å². The third kappa shape index (κ3) is 5.60. The monoisotopic (exact) mass is 356 g/mol. The molecule has 1 N–H and O–H groups in total. The number of ether oxygens (including phenoxy) is 2. The highest BCUT2D eigenvalue weighted by Crippen LogP contribution is 2.38. The molecule has 1 rings (SSSR count). The molecule has 0 saturated carbocycles. The van der Waals surface area contributed by atoms with Crippen molar-refractivity contribution in [1.29, 1.82) is 0 Å². The van der Waals surface area contributed by atoms with Gasteiger partial charge in [0, 0.05) is 25.6 Å². The van der Waals surface area contributed by atoms with Gasteiger partial charge in [0.05, 0.1) is 24.9 Å². The minimum atomic E-state index is -0.281. The Kier molecular flexibility index (Phi) is 7.85. The molecule has 24 heavy (non-hydrogen) atoms. The number of nitrogens with one attached hydrogen (secondary N) is 1. The molecule has 0 saturated heterocycles. The van der Waals surface area contributed by atoms with Gasteiger partial charge in [-0.15, -0.1) is 0 Å². The van der Waals surface area contributed by atoms with E-state index in [0.29, 0.717) is 34.7 Å². The van der Waals surface area contributed by atoms with E-state index in [1.54, 1.807) is 12.1 Å². The molecule has 0 aliphatic carbocycles. The lowest BCUT2D eigenvalue weighted by Crippen LogP contribution is -2.40. The number of nitrogens with zero attached hydrogens (tertiary/aromatic N) is 1. The summed E-state index contributed by atoms with van der Waals surface area (Å²) < 4.78 is 10.5. The molecule has 0 aliphatic heterocycles. The molecule has 2 amide bonds. The highest BCUT2D eigenvalue weighted by atomic mass is 35.5. The van der Waals surface area contributed by atoms with Gasteiger partial charge in [-0.1, -0.05) is 25.4 Å². The molecule has 0 spiro atoms. The third-order valence-corrected chi connectivity index (χ3v) is 3.77. The Morgan fingerprint density at radius 2 is 1.83 bits per heavy atom. The van der Waals surface area contributed by atoms with E-state index < -0.39 is 0 Å². The molecule has 0 atom stereocenters. The summed E-state index contributed by atoms with van der Waals surface area (Å²) in [5.74, 6) is 0.776. The Balaban J connectivity index is 3.00. The Hall–Kier alpha value is -1.95. The second kappa shape index (κ2) is 9.37. The zero-order valence-electron chi connectivity index (χ0n) is 14.8. The summed E-state index contributed by atoms with van der Waals surface area (Å²) in [6, 6.07) is 3.15. The number of hydrogen-bond donors (Lipinski definition) is 1. The number of rotatable bonds is 8. The number of anilines is 1. The van der Waals surface area contributed by atoms with E-state index in [0.717, 1.165) is 6.42 Å². The van der Waals surface area contributed by atoms with Crippen molar-refractivity contribution in [3.8, 4) is 11.5 Å². The molecule has 0 bridgehead atoms. The number of amides is 2. The van der Waals surface area contributed by atoms with Gasteiger partial charge in [0.1, 0.15) is 18.0 Å². The van der Waals surface area contributed by atoms with Gasteiger partial charge >= 0.3 is 0 Å². The number of benzene rings is 1. The molecule has 134 valence electrons. The van der Waals surface area contributed by atoms with Crippen LogP contribution in [-0.2, 0) is 9.59 Å². The predicted molar refractivity (Wildman–Crippen MR) is 95.0 cm³/mol. The molecule has 1 aromatic rings. The zero-order valence-corrected chi connectivity index (χ0v) is 15.6. The average Bonchev–Trinajstić information content (AvgIpc) is 2.51. The lowest BCUT2D eigenvalue weighted by Gasteiger charge is -2.24. The minimum Gasteiger partial charge on any atom is -0.495 e. The van der Waals surface area contributed by atoms with Crippen molar-refractivity contribution in [2.45, 2.75) is 27.2 Å². The standard InChI is InChI=1S/C17H25ClN2O4/c1-11(2)6-7-19-17(22)10-20(12(3)21)14-9-15(23-4)13(18)8-16(14)24-5/h8-9,11H,6-7,10H2,1-5H3,(H,19,22). The summed E-state index contributed by atoms with van der Waals surface area (Å²) in [4.78, 5) is 25.5. The van der Waals surface area contributed by atoms with Crippen molar-refractivity contribution in [2.75, 3.05) is 32.2 Å². The van der Waals surface area contributed by atoms with E-state index in [9.17, 15) is 9.59 Å². The van der Waals surface area contributed by atoms with Crippen molar-refractivity contribution in [3.05, 3.63) is 17.2 Å². The van der Waals surface area contributed by atoms with Crippen LogP contribution in [0.4, 0.5) is 5.69 Å². The van der Waals surface area contributed by atoms with Crippen LogP contribution >= 0.6 is 11.6 Å². The Labute approximate surface area is 148 Å². The smallest absolute Gasteiger partial charge is 0.240 e. The molecule has 0 fully saturated rings. The number of halogens is 1. The molecule has 0 aliphatic rings. The number of methoxy groups -OCH3 is 2. The average molecular weight is 357 g/mol. The molecule has 0 heterocycles. The van der Waals surface area contributed by atoms with Gasteiger partial charge in [0.15, 0.2) is 0 Å². The maximum absolute atomic E-state index is 12.1. The molecule has 6 nitrogen and oxygen atoms in total. The van der Waals surface area contributed by atoms with Crippen LogP contribution in [0.1, 0.15) is 27.2 Å². The van der Waals surface area contributed by atoms with Crippen LogP contribution in [0, 0.1) is 5.92 Å². The van der Waals surface area contributed by atoms with E-state index in [2.05, 4.69) is 19.2 Å². The van der Waals surface area contributed by atoms with Crippen LogP contribution in [0.15, 0.2) is 12.1 Å². The molecule has 0 unspecified atom stereocenters. The third-order valence-electron chi connectivity index (χ3n) is 3.47. The summed E-state index contributed by atoms with van der Waals surface area (Å²) in [6.45, 7) is 6.03. The molecule has 0 radical (unpaired) electrons. The lowest BCUT2D eigenvalue weighted by atomic mass is 10.1. The molecule has 1 aromatic carbocycles. The van der Waals surface area contributed by atoms with Crippen LogP contribution in [0.25, 0.3) is 0 Å². The summed E-state index contributed by atoms with van der Waals surface area (Å²) in [5.41, 5.74) is 0.435. The fourth-order valence-electron chi connectivity index (χ4n) is 2.12. The van der Waals surface area contributed by atoms with E-state index in [1.165, 1.54) is 26.0 Å². The van der Waals surface area contributed by atoms with Crippen molar-refractivity contribution >= 4 is 29.1 Å². The first-order valence-corrected chi connectivity index (χ1v) is 8.14. The number of carbonyl (C=O) groups excluding carboxylic acids is 2. The maximum Gasteiger partial charge on any atom is 0.240 e. The first kappa shape index (κ1) is 20.1. The highest BCUT2D eigenvalue weighted by Gasteiger charge is 2.21. The molecular weight excluding hydrogens is 332 g/mol. The van der Waals surface area contributed by atoms with Gasteiger partial charge < -0.3 is 14.8 Å². The quantitative estimate of drug-likeness (QED) is 0.777. The van der Waals surface area contributed by atoms with Crippen LogP contribution in [0.5, 0.6) is 11.5 Å². The van der Waals surface area contributed by atoms with Crippen LogP contribution in [0.2, 0.25) is 5.02 Å². The summed E-state index contributed by atoms with van der Waals surface area (Å²) >= 11 is 6.08. The fraction of sp³-hybridized carbons (Fsp3) is 0.529. The second-order valence-electron chi connectivity index (χ2n) is 5.80. The SMILES string of the molecule is COc1cc(N(CC(=O)NCCC(C)C)C(C)=O)c(OC)cc1Cl. The fourth-order valence-corrected chi connectivity index (χ4v) is 2.35. The van der Waals surface area contributed by atoms with Gasteiger partial charge in [-0.25, -0.2) is 0 Å². The van der Waals surface area contributed by atoms with Crippen molar-refractivity contribution in [2.24, 2.45) is 5.92 Å². The van der Waals surface area contributed by atoms with Crippen molar-refractivity contribution in [1.82, 2.24) is 5.32 Å². The summed E-state index contributed by atoms with van der Waals surface area (Å²) in [5, 5.41) is 3.18. The first-order valence-electron chi connectivity index (χ1n) is 7.76. The Morgan fingerprint density at radius 1 is 1.21 bits per heavy atom. The Morgan fingerprint density at radius 3 is 2.33 bits per heavy atom. The highest BCUT2D eigenvalue weighted by molar-refractivity contribution is 6.32. The van der Waals surface area contributed by atoms with Gasteiger partial charge in [-0.2, -0.15) is 0 Å². The normalized spacial score (nSPS) is 10.5. The summed E-state index contributed by atoms with van der Waals surface area (Å²) in [7, 11) is 2.96. The first-order chi connectivity index (χ1) is 11.3. The maximum atomic E-state index is 12.1. The van der Waals surface area contributed by atoms with E-state index in [4.69, 9.17) is 21.1 Å². The van der Waals surface area contributed by atoms with Gasteiger partial charge in [-0.05, 0) is 12.3 Å². The zero-order chi connectivity index (χ0) is 18.3. The second-order valence-corrected chi connectivity index (χ2v) is 6.20. The molecular formula is C17H25ClN2O4. The number of hydrogen-bond acceptors (Lipinski definition) is 4. The van der Waals surface area contributed by atoms with Crippen molar-refractivity contribution < 1.29 is 19.1 Å². The number of carbonyl (C=O) groups is 2. The molecule has 7 heteroatoms. The topological polar surface area (TPSA) is 67.9 Å². The minimum absolute atomic E-state index is 0.103. The van der Waals surface area contributed by atoms with Crippen LogP contribution in [-0.4, -0.2) is 39.1 Å². The Bertz CT molecular complexity index is 590. The lowest BCUT2D eigenvalue weighted by molar-refractivity contribution is -0.123. The van der Waals surface area contributed by atoms with Gasteiger partial charge in [0.2, 0.25) is 11.8 Å². The van der Waals surface area contributed by atoms with E-state index in [1.807, 2.05) is 0 Å². The van der Waals surface area contributed by atoms with E-state index in [-0.39, 0.29) is 18.4 Å². The van der Waals surface area contributed by atoms with Crippen LogP contribution in [0.3, 0.4) is 0 Å². The van der Waals surface area contributed by atoms with Crippen molar-refractivity contribution in [3.63, 3.8) is 0 Å². The van der Waals surface area contributed by atoms with Crippen LogP contribution < -0.4 is 19.7 Å². The largest absolute Gasteiger partial charge is 0.495 e. The molecule has 0 aromatic heterocycles. The summed E-state index contributed by atoms with van der Waals surface area (Å²) in [6.07, 6.45) is 0.879. The van der Waals surface area contributed by atoms with E-state index >= 15 is 0 Å². The van der Waals surface area contributed by atoms with Gasteiger partial charge in [-0.3, -0.25) is 14.5 Å².